The van der Waals surface area contributed by atoms with E-state index in [0.717, 1.165) is 6.07 Å². The van der Waals surface area contributed by atoms with Crippen LogP contribution in [0.1, 0.15) is 25.1 Å². The van der Waals surface area contributed by atoms with Gasteiger partial charge in [-0.25, -0.2) is 4.98 Å². The molecule has 0 aliphatic heterocycles. The van der Waals surface area contributed by atoms with Gasteiger partial charge in [-0.2, -0.15) is 13.2 Å². The summed E-state index contributed by atoms with van der Waals surface area (Å²) < 4.78 is 46.9. The monoisotopic (exact) mass is 424 g/mol. The van der Waals surface area contributed by atoms with Gasteiger partial charge in [-0.15, -0.1) is 0 Å². The van der Waals surface area contributed by atoms with E-state index in [1.807, 2.05) is 0 Å². The molecule has 2 atom stereocenters. The first-order valence-electron chi connectivity index (χ1n) is 8.90. The van der Waals surface area contributed by atoms with Gasteiger partial charge in [0, 0.05) is 30.4 Å². The molecular weight excluding hydrogens is 405 g/mol. The largest absolute Gasteiger partial charge is 0.472 e. The lowest BCUT2D eigenvalue weighted by Gasteiger charge is -2.19. The first-order valence-corrected chi connectivity index (χ1v) is 8.90. The van der Waals surface area contributed by atoms with Crippen LogP contribution in [0.2, 0.25) is 0 Å². The molecule has 160 valence electrons. The van der Waals surface area contributed by atoms with Crippen molar-refractivity contribution in [2.45, 2.75) is 38.7 Å². The fraction of sp³-hybridized carbons (Fsp3) is 0.316. The number of hydrogen-bond donors (Lipinski definition) is 3. The van der Waals surface area contributed by atoms with Gasteiger partial charge in [-0.3, -0.25) is 9.59 Å². The van der Waals surface area contributed by atoms with Crippen LogP contribution in [0.3, 0.4) is 0 Å². The zero-order valence-electron chi connectivity index (χ0n) is 16.0. The molecule has 0 spiro atoms. The van der Waals surface area contributed by atoms with Crippen LogP contribution in [0.4, 0.5) is 13.2 Å². The summed E-state index contributed by atoms with van der Waals surface area (Å²) in [4.78, 5) is 27.4. The van der Waals surface area contributed by atoms with Crippen LogP contribution in [-0.2, 0) is 22.3 Å². The molecule has 0 aliphatic carbocycles. The van der Waals surface area contributed by atoms with E-state index in [1.165, 1.54) is 49.2 Å². The second-order valence-electron chi connectivity index (χ2n) is 6.75. The van der Waals surface area contributed by atoms with Gasteiger partial charge in [0.05, 0.1) is 36.4 Å². The number of aliphatic hydroxyl groups is 1. The molecule has 0 fully saturated rings. The molecule has 30 heavy (non-hydrogen) atoms. The van der Waals surface area contributed by atoms with Gasteiger partial charge in [0.25, 0.3) is 0 Å². The van der Waals surface area contributed by atoms with E-state index in [2.05, 4.69) is 15.6 Å². The smallest absolute Gasteiger partial charge is 0.420 e. The number of imidazole rings is 1. The summed E-state index contributed by atoms with van der Waals surface area (Å²) in [6.45, 7) is 2.33. The summed E-state index contributed by atoms with van der Waals surface area (Å²) in [5.74, 6) is -1.20. The average Bonchev–Trinajstić information content (AvgIpc) is 3.31. The van der Waals surface area contributed by atoms with Gasteiger partial charge in [-0.1, -0.05) is 0 Å². The van der Waals surface area contributed by atoms with Crippen LogP contribution >= 0.6 is 0 Å². The van der Waals surface area contributed by atoms with Gasteiger partial charge in [0.15, 0.2) is 0 Å². The number of halogens is 3. The Morgan fingerprint density at radius 3 is 2.60 bits per heavy atom. The van der Waals surface area contributed by atoms with E-state index in [4.69, 9.17) is 4.42 Å². The Kier molecular flexibility index (Phi) is 5.83. The second-order valence-corrected chi connectivity index (χ2v) is 6.75. The Balaban J connectivity index is 1.89. The van der Waals surface area contributed by atoms with Crippen molar-refractivity contribution in [3.63, 3.8) is 0 Å². The number of nitrogens with one attached hydrogen (secondary N) is 2. The van der Waals surface area contributed by atoms with Crippen molar-refractivity contribution in [1.29, 1.82) is 0 Å². The number of aromatic nitrogens is 2. The third-order valence-corrected chi connectivity index (χ3v) is 4.33. The van der Waals surface area contributed by atoms with Crippen molar-refractivity contribution >= 4 is 17.5 Å². The van der Waals surface area contributed by atoms with E-state index in [1.54, 1.807) is 0 Å². The van der Waals surface area contributed by atoms with E-state index in [9.17, 15) is 27.9 Å². The van der Waals surface area contributed by atoms with Crippen LogP contribution in [0.5, 0.6) is 0 Å². The molecule has 2 amide bonds. The highest BCUT2D eigenvalue weighted by atomic mass is 19.4. The van der Waals surface area contributed by atoms with Gasteiger partial charge < -0.3 is 24.6 Å². The van der Waals surface area contributed by atoms with Crippen LogP contribution in [0, 0.1) is 0 Å². The Morgan fingerprint density at radius 1 is 1.30 bits per heavy atom. The van der Waals surface area contributed by atoms with Gasteiger partial charge in [0.1, 0.15) is 11.7 Å². The normalized spacial score (nSPS) is 13.8. The topological polar surface area (TPSA) is 109 Å². The maximum Gasteiger partial charge on any atom is 0.420 e. The number of nitrogens with zero attached hydrogens (tertiary/aromatic N) is 2. The molecule has 3 N–H and O–H groups in total. The lowest BCUT2D eigenvalue weighted by molar-refractivity contribution is -0.136. The van der Waals surface area contributed by atoms with E-state index in [0.29, 0.717) is 5.56 Å². The summed E-state index contributed by atoms with van der Waals surface area (Å²) in [5.41, 5.74) is -0.311. The summed E-state index contributed by atoms with van der Waals surface area (Å²) in [6, 6.07) is 1.32. The van der Waals surface area contributed by atoms with Crippen LogP contribution in [-0.4, -0.2) is 38.5 Å². The first-order chi connectivity index (χ1) is 14.1. The molecule has 0 radical (unpaired) electrons. The highest BCUT2D eigenvalue weighted by molar-refractivity contribution is 5.87. The highest BCUT2D eigenvalue weighted by Gasteiger charge is 2.35. The molecule has 3 heterocycles. The highest BCUT2D eigenvalue weighted by Crippen LogP contribution is 2.35. The standard InChI is InChI=1S/C19H19F3N4O4/c1-10(27)16(24-11(2)28)18(29)23-6-14-8-26-7-13(12-3-4-30-9-12)5-15(17(26)25-14)19(20,21)22/h3-5,7-10,16,27H,6H2,1-2H3,(H,23,29)(H,24,28). The summed E-state index contributed by atoms with van der Waals surface area (Å²) in [5, 5.41) is 14.4. The minimum atomic E-state index is -4.64. The summed E-state index contributed by atoms with van der Waals surface area (Å²) in [7, 11) is 0. The Bertz CT molecular complexity index is 1060. The van der Waals surface area contributed by atoms with Crippen molar-refractivity contribution < 1.29 is 32.3 Å². The molecule has 0 saturated carbocycles. The van der Waals surface area contributed by atoms with Crippen molar-refractivity contribution in [3.8, 4) is 11.1 Å². The van der Waals surface area contributed by atoms with Gasteiger partial charge in [-0.05, 0) is 19.1 Å². The Hall–Kier alpha value is -3.34. The maximum atomic E-state index is 13.6. The molecule has 0 bridgehead atoms. The van der Waals surface area contributed by atoms with Gasteiger partial charge in [0.2, 0.25) is 11.8 Å². The first kappa shape index (κ1) is 21.4. The van der Waals surface area contributed by atoms with Crippen molar-refractivity contribution in [3.05, 3.63) is 48.3 Å². The van der Waals surface area contributed by atoms with E-state index in [-0.39, 0.29) is 23.4 Å². The third-order valence-electron chi connectivity index (χ3n) is 4.33. The molecular formula is C19H19F3N4O4. The zero-order chi connectivity index (χ0) is 22.1. The predicted molar refractivity (Wildman–Crippen MR) is 99.0 cm³/mol. The fourth-order valence-corrected chi connectivity index (χ4v) is 2.94. The molecule has 0 aromatic carbocycles. The van der Waals surface area contributed by atoms with Crippen LogP contribution < -0.4 is 10.6 Å². The molecule has 11 heteroatoms. The molecule has 8 nitrogen and oxygen atoms in total. The minimum absolute atomic E-state index is 0.172. The number of pyridine rings is 1. The number of fused-ring (bicyclic) bond motifs is 1. The number of amides is 2. The molecule has 2 unspecified atom stereocenters. The quantitative estimate of drug-likeness (QED) is 0.562. The van der Waals surface area contributed by atoms with Gasteiger partial charge >= 0.3 is 6.18 Å². The minimum Gasteiger partial charge on any atom is -0.472 e. The summed E-state index contributed by atoms with van der Waals surface area (Å²) >= 11 is 0. The number of hydrogen-bond acceptors (Lipinski definition) is 5. The van der Waals surface area contributed by atoms with Crippen molar-refractivity contribution in [2.75, 3.05) is 0 Å². The fourth-order valence-electron chi connectivity index (χ4n) is 2.94. The lowest BCUT2D eigenvalue weighted by Crippen LogP contribution is -2.51. The number of carbonyl (C=O) groups excluding carboxylic acids is 2. The van der Waals surface area contributed by atoms with Crippen molar-refractivity contribution in [2.24, 2.45) is 0 Å². The molecule has 3 rings (SSSR count). The number of carbonyl (C=O) groups is 2. The van der Waals surface area contributed by atoms with Crippen molar-refractivity contribution in [1.82, 2.24) is 20.0 Å². The lowest BCUT2D eigenvalue weighted by atomic mass is 10.1. The third kappa shape index (κ3) is 4.62. The number of rotatable bonds is 6. The molecule has 3 aromatic heterocycles. The number of alkyl halides is 3. The Morgan fingerprint density at radius 2 is 2.03 bits per heavy atom. The summed E-state index contributed by atoms with van der Waals surface area (Å²) in [6.07, 6.45) is -0.277. The zero-order valence-corrected chi connectivity index (χ0v) is 16.0. The number of aliphatic hydroxyl groups excluding tert-OH is 1. The number of furan rings is 1. The van der Waals surface area contributed by atoms with E-state index < -0.39 is 35.7 Å². The van der Waals surface area contributed by atoms with Crippen LogP contribution in [0.15, 0.2) is 41.5 Å². The van der Waals surface area contributed by atoms with Crippen LogP contribution in [0.25, 0.3) is 16.8 Å². The SMILES string of the molecule is CC(=O)NC(C(=O)NCc1cn2cc(-c3ccoc3)cc(C(F)(F)F)c2n1)C(C)O. The van der Waals surface area contributed by atoms with E-state index >= 15 is 0 Å². The molecule has 3 aromatic rings. The maximum absolute atomic E-state index is 13.6. The predicted octanol–water partition coefficient (Wildman–Crippen LogP) is 2.11. The Labute approximate surface area is 168 Å². The second kappa shape index (κ2) is 8.19. The average molecular weight is 424 g/mol. The molecule has 0 aliphatic rings. The molecule has 0 saturated heterocycles.